The minimum atomic E-state index is -0.885. The highest BCUT2D eigenvalue weighted by Gasteiger charge is 2.22. The Bertz CT molecular complexity index is 1510. The van der Waals surface area contributed by atoms with E-state index in [1.807, 2.05) is 0 Å². The summed E-state index contributed by atoms with van der Waals surface area (Å²) in [5.41, 5.74) is -1.16. The van der Waals surface area contributed by atoms with Gasteiger partial charge in [-0.1, -0.05) is 17.7 Å². The average Bonchev–Trinajstić information content (AvgIpc) is 2.86. The molecule has 0 fully saturated rings. The van der Waals surface area contributed by atoms with E-state index in [4.69, 9.17) is 11.6 Å². The summed E-state index contributed by atoms with van der Waals surface area (Å²) in [5.74, 6) is -2.31. The minimum Gasteiger partial charge on any atom is -0.328 e. The van der Waals surface area contributed by atoms with Gasteiger partial charge in [0, 0.05) is 24.8 Å². The van der Waals surface area contributed by atoms with Crippen LogP contribution < -0.4 is 16.2 Å². The molecule has 0 saturated heterocycles. The Morgan fingerprint density at radius 3 is 2.31 bits per heavy atom. The third-order valence-electron chi connectivity index (χ3n) is 4.74. The monoisotopic (exact) mass is 492 g/mol. The van der Waals surface area contributed by atoms with E-state index in [0.717, 1.165) is 6.07 Å². The van der Waals surface area contributed by atoms with Crippen molar-refractivity contribution in [2.45, 2.75) is 0 Å². The molecule has 0 spiro atoms. The molecule has 0 saturated carbocycles. The third-order valence-corrected chi connectivity index (χ3v) is 4.97. The van der Waals surface area contributed by atoms with Crippen molar-refractivity contribution >= 4 is 41.2 Å². The minimum absolute atomic E-state index is 0.158. The number of benzene rings is 1. The van der Waals surface area contributed by atoms with Crippen molar-refractivity contribution in [3.8, 4) is 11.1 Å². The number of amides is 2. The number of hydrogen-bond donors (Lipinski definition) is 3. The quantitative estimate of drug-likeness (QED) is 0.350. The normalized spacial score (nSPS) is 10.5. The number of rotatable bonds is 6. The lowest BCUT2D eigenvalue weighted by Gasteiger charge is -2.11. The van der Waals surface area contributed by atoms with E-state index in [-0.39, 0.29) is 39.6 Å². The van der Waals surface area contributed by atoms with Gasteiger partial charge >= 0.3 is 0 Å². The van der Waals surface area contributed by atoms with Crippen LogP contribution in [0.4, 0.5) is 15.9 Å². The fourth-order valence-corrected chi connectivity index (χ4v) is 3.23. The summed E-state index contributed by atoms with van der Waals surface area (Å²) >= 11 is 5.78. The largest absolute Gasteiger partial charge is 0.328 e. The summed E-state index contributed by atoms with van der Waals surface area (Å²) in [7, 11) is 0. The molecule has 1 aromatic carbocycles. The number of aromatic amines is 1. The van der Waals surface area contributed by atoms with Crippen molar-refractivity contribution in [1.82, 2.24) is 19.9 Å². The van der Waals surface area contributed by atoms with Crippen molar-refractivity contribution in [3.63, 3.8) is 0 Å². The molecule has 4 rings (SSSR count). The summed E-state index contributed by atoms with van der Waals surface area (Å²) < 4.78 is 14.8. The Morgan fingerprint density at radius 1 is 0.971 bits per heavy atom. The van der Waals surface area contributed by atoms with Crippen LogP contribution in [0.15, 0.2) is 66.0 Å². The number of halogens is 2. The van der Waals surface area contributed by atoms with Gasteiger partial charge in [-0.15, -0.1) is 0 Å². The van der Waals surface area contributed by atoms with Gasteiger partial charge in [0.2, 0.25) is 0 Å². The lowest BCUT2D eigenvalue weighted by molar-refractivity contribution is 0.0982. The number of H-pyrrole nitrogens is 1. The van der Waals surface area contributed by atoms with Gasteiger partial charge in [-0.3, -0.25) is 19.2 Å². The van der Waals surface area contributed by atoms with E-state index in [2.05, 4.69) is 30.6 Å². The zero-order valence-electron chi connectivity index (χ0n) is 17.6. The molecule has 12 heteroatoms. The van der Waals surface area contributed by atoms with Crippen LogP contribution in [-0.4, -0.2) is 38.0 Å². The van der Waals surface area contributed by atoms with Crippen molar-refractivity contribution in [2.24, 2.45) is 0 Å². The molecule has 2 amide bonds. The maximum atomic E-state index is 14.8. The van der Waals surface area contributed by atoms with Gasteiger partial charge < -0.3 is 15.6 Å². The van der Waals surface area contributed by atoms with Crippen LogP contribution in [0.3, 0.4) is 0 Å². The van der Waals surface area contributed by atoms with Crippen molar-refractivity contribution in [3.05, 3.63) is 99.3 Å². The van der Waals surface area contributed by atoms with Crippen LogP contribution in [0.1, 0.15) is 31.3 Å². The Hall–Kier alpha value is -4.77. The molecule has 0 aliphatic carbocycles. The predicted octanol–water partition coefficient (Wildman–Crippen LogP) is 3.34. The van der Waals surface area contributed by atoms with Gasteiger partial charge in [0.15, 0.2) is 17.7 Å². The highest BCUT2D eigenvalue weighted by atomic mass is 35.5. The molecule has 0 atom stereocenters. The molecule has 3 heterocycles. The van der Waals surface area contributed by atoms with Gasteiger partial charge in [0.05, 0.1) is 16.3 Å². The molecule has 3 aromatic heterocycles. The number of pyridine rings is 2. The molecule has 35 heavy (non-hydrogen) atoms. The standard InChI is InChI=1S/C23H14ClFN6O4/c24-13-2-4-18(29-10-13)31-23(35)20-19(26-7-8-27-20)22(34)30-17-3-1-12(9-16(17)25)14-5-6-28-21(33)15(14)11-32/h1-11H,(H,28,33)(H,30,34)(H,29,31,35). The van der Waals surface area contributed by atoms with Gasteiger partial charge in [-0.25, -0.2) is 19.3 Å². The van der Waals surface area contributed by atoms with E-state index in [1.54, 1.807) is 0 Å². The Balaban J connectivity index is 1.57. The Labute approximate surface area is 201 Å². The highest BCUT2D eigenvalue weighted by molar-refractivity contribution is 6.30. The SMILES string of the molecule is O=Cc1c(-c2ccc(NC(=O)c3nccnc3C(=O)Nc3ccc(Cl)cn3)c(F)c2)cc[nH]c1=O. The topological polar surface area (TPSA) is 147 Å². The summed E-state index contributed by atoms with van der Waals surface area (Å²) in [4.78, 5) is 62.7. The number of carbonyl (C=O) groups excluding carboxylic acids is 3. The Kier molecular flexibility index (Phi) is 6.69. The van der Waals surface area contributed by atoms with Crippen LogP contribution in [0.2, 0.25) is 5.02 Å². The third kappa shape index (κ3) is 5.09. The second-order valence-corrected chi connectivity index (χ2v) is 7.41. The summed E-state index contributed by atoms with van der Waals surface area (Å²) in [6.45, 7) is 0. The number of hydrogen-bond acceptors (Lipinski definition) is 7. The molecule has 3 N–H and O–H groups in total. The number of nitrogens with one attached hydrogen (secondary N) is 3. The van der Waals surface area contributed by atoms with Crippen LogP contribution in [0.5, 0.6) is 0 Å². The van der Waals surface area contributed by atoms with E-state index in [1.165, 1.54) is 55.1 Å². The molecule has 0 aliphatic rings. The van der Waals surface area contributed by atoms with Crippen LogP contribution in [-0.2, 0) is 0 Å². The van der Waals surface area contributed by atoms with Gasteiger partial charge in [0.1, 0.15) is 11.6 Å². The first-order valence-corrected chi connectivity index (χ1v) is 10.3. The van der Waals surface area contributed by atoms with E-state index >= 15 is 0 Å². The maximum absolute atomic E-state index is 14.8. The van der Waals surface area contributed by atoms with E-state index in [9.17, 15) is 23.6 Å². The molecule has 10 nitrogen and oxygen atoms in total. The first-order valence-electron chi connectivity index (χ1n) is 9.89. The molecule has 0 bridgehead atoms. The molecule has 4 aromatic rings. The van der Waals surface area contributed by atoms with Gasteiger partial charge in [-0.05, 0) is 41.5 Å². The smallest absolute Gasteiger partial charge is 0.277 e. The van der Waals surface area contributed by atoms with E-state index < -0.39 is 23.2 Å². The molecule has 174 valence electrons. The Morgan fingerprint density at radius 2 is 1.69 bits per heavy atom. The first-order chi connectivity index (χ1) is 16.9. The van der Waals surface area contributed by atoms with Crippen LogP contribution in [0, 0.1) is 5.82 Å². The lowest BCUT2D eigenvalue weighted by Crippen LogP contribution is -2.23. The van der Waals surface area contributed by atoms with Gasteiger partial charge in [-0.2, -0.15) is 0 Å². The van der Waals surface area contributed by atoms with E-state index in [0.29, 0.717) is 11.3 Å². The lowest BCUT2D eigenvalue weighted by atomic mass is 10.0. The zero-order chi connectivity index (χ0) is 24.9. The van der Waals surface area contributed by atoms with Crippen molar-refractivity contribution in [2.75, 3.05) is 10.6 Å². The molecular formula is C23H14ClFN6O4. The van der Waals surface area contributed by atoms with Crippen LogP contribution in [0.25, 0.3) is 11.1 Å². The summed E-state index contributed by atoms with van der Waals surface area (Å²) in [5, 5.41) is 5.19. The number of aldehydes is 1. The molecule has 0 aliphatic heterocycles. The van der Waals surface area contributed by atoms with Gasteiger partial charge in [0.25, 0.3) is 17.4 Å². The first kappa shape index (κ1) is 23.4. The fraction of sp³-hybridized carbons (Fsp3) is 0. The number of carbonyl (C=O) groups is 3. The number of aromatic nitrogens is 4. The second-order valence-electron chi connectivity index (χ2n) is 6.97. The highest BCUT2D eigenvalue weighted by Crippen LogP contribution is 2.25. The number of nitrogens with zero attached hydrogens (tertiary/aromatic N) is 3. The number of anilines is 2. The zero-order valence-corrected chi connectivity index (χ0v) is 18.3. The van der Waals surface area contributed by atoms with Crippen molar-refractivity contribution in [1.29, 1.82) is 0 Å². The van der Waals surface area contributed by atoms with Crippen molar-refractivity contribution < 1.29 is 18.8 Å². The molecule has 0 unspecified atom stereocenters. The summed E-state index contributed by atoms with van der Waals surface area (Å²) in [6.07, 6.45) is 5.47. The average molecular weight is 493 g/mol. The fourth-order valence-electron chi connectivity index (χ4n) is 3.12. The van der Waals surface area contributed by atoms with Crippen LogP contribution >= 0.6 is 11.6 Å². The summed E-state index contributed by atoms with van der Waals surface area (Å²) in [6, 6.07) is 8.18. The maximum Gasteiger partial charge on any atom is 0.277 e. The second kappa shape index (κ2) is 10.0. The predicted molar refractivity (Wildman–Crippen MR) is 125 cm³/mol. The molecular weight excluding hydrogens is 479 g/mol. The molecule has 0 radical (unpaired) electrons.